The van der Waals surface area contributed by atoms with E-state index in [1.807, 2.05) is 6.20 Å². The molecule has 1 fully saturated rings. The van der Waals surface area contributed by atoms with Crippen LogP contribution in [0.3, 0.4) is 0 Å². The van der Waals surface area contributed by atoms with Gasteiger partial charge < -0.3 is 10.3 Å². The Labute approximate surface area is 83.5 Å². The van der Waals surface area contributed by atoms with Crippen LogP contribution in [0.15, 0.2) is 23.3 Å². The van der Waals surface area contributed by atoms with E-state index in [4.69, 9.17) is 0 Å². The molecule has 1 aliphatic rings. The molecule has 2 rings (SSSR count). The Morgan fingerprint density at radius 2 is 2.21 bits per heavy atom. The average molecular weight is 192 g/mol. The summed E-state index contributed by atoms with van der Waals surface area (Å²) in [6, 6.07) is 1.85. The molecule has 0 aromatic carbocycles. The molecule has 1 saturated heterocycles. The fourth-order valence-electron chi connectivity index (χ4n) is 2.00. The molecule has 0 spiro atoms. The van der Waals surface area contributed by atoms with Crippen molar-refractivity contribution in [3.8, 4) is 0 Å². The van der Waals surface area contributed by atoms with Gasteiger partial charge in [0, 0.05) is 30.1 Å². The van der Waals surface area contributed by atoms with E-state index in [-0.39, 0.29) is 11.5 Å². The number of hydrogen-bond acceptors (Lipinski definition) is 2. The zero-order chi connectivity index (χ0) is 9.80. The minimum Gasteiger partial charge on any atom is -0.367 e. The molecule has 2 N–H and O–H groups in total. The van der Waals surface area contributed by atoms with Crippen molar-refractivity contribution in [1.82, 2.24) is 10.3 Å². The molecular weight excluding hydrogens is 176 g/mol. The van der Waals surface area contributed by atoms with Crippen molar-refractivity contribution >= 4 is 0 Å². The first-order chi connectivity index (χ1) is 6.88. The second-order valence-electron chi connectivity index (χ2n) is 3.82. The predicted molar refractivity (Wildman–Crippen MR) is 56.3 cm³/mol. The Morgan fingerprint density at radius 1 is 1.29 bits per heavy atom. The lowest BCUT2D eigenvalue weighted by atomic mass is 10.0. The number of aromatic nitrogens is 1. The van der Waals surface area contributed by atoms with Crippen molar-refractivity contribution in [2.75, 3.05) is 6.54 Å². The van der Waals surface area contributed by atoms with Gasteiger partial charge in [0.15, 0.2) is 5.43 Å². The highest BCUT2D eigenvalue weighted by Gasteiger charge is 2.15. The van der Waals surface area contributed by atoms with Crippen LogP contribution in [0, 0.1) is 0 Å². The average Bonchev–Trinajstić information content (AvgIpc) is 2.47. The van der Waals surface area contributed by atoms with Crippen molar-refractivity contribution in [3.05, 3.63) is 34.2 Å². The maximum Gasteiger partial charge on any atom is 0.186 e. The zero-order valence-electron chi connectivity index (χ0n) is 8.25. The minimum absolute atomic E-state index is 0.142. The third kappa shape index (κ3) is 2.04. The molecule has 0 bridgehead atoms. The van der Waals surface area contributed by atoms with Gasteiger partial charge in [0.1, 0.15) is 0 Å². The quantitative estimate of drug-likeness (QED) is 0.709. The molecule has 76 valence electrons. The van der Waals surface area contributed by atoms with Crippen molar-refractivity contribution in [1.29, 1.82) is 0 Å². The van der Waals surface area contributed by atoms with E-state index in [2.05, 4.69) is 10.3 Å². The molecule has 1 unspecified atom stereocenters. The largest absolute Gasteiger partial charge is 0.367 e. The van der Waals surface area contributed by atoms with Gasteiger partial charge in [-0.1, -0.05) is 12.8 Å². The molecule has 3 heteroatoms. The summed E-state index contributed by atoms with van der Waals surface area (Å²) < 4.78 is 0. The lowest BCUT2D eigenvalue weighted by molar-refractivity contribution is 0.530. The van der Waals surface area contributed by atoms with Crippen LogP contribution in [0.2, 0.25) is 0 Å². The van der Waals surface area contributed by atoms with Crippen LogP contribution in [0.25, 0.3) is 0 Å². The van der Waals surface area contributed by atoms with E-state index in [1.165, 1.54) is 19.3 Å². The van der Waals surface area contributed by atoms with E-state index < -0.39 is 0 Å². The van der Waals surface area contributed by atoms with Crippen LogP contribution in [-0.2, 0) is 0 Å². The van der Waals surface area contributed by atoms with Crippen molar-refractivity contribution < 1.29 is 0 Å². The highest BCUT2D eigenvalue weighted by molar-refractivity contribution is 5.14. The number of nitrogens with one attached hydrogen (secondary N) is 2. The van der Waals surface area contributed by atoms with Gasteiger partial charge >= 0.3 is 0 Å². The first-order valence-corrected chi connectivity index (χ1v) is 5.28. The van der Waals surface area contributed by atoms with Crippen LogP contribution in [0.5, 0.6) is 0 Å². The van der Waals surface area contributed by atoms with Crippen LogP contribution >= 0.6 is 0 Å². The van der Waals surface area contributed by atoms with Crippen LogP contribution in [0.1, 0.15) is 37.3 Å². The fraction of sp³-hybridized carbons (Fsp3) is 0.545. The van der Waals surface area contributed by atoms with Crippen LogP contribution in [0.4, 0.5) is 0 Å². The maximum atomic E-state index is 11.6. The lowest BCUT2D eigenvalue weighted by Gasteiger charge is -2.14. The van der Waals surface area contributed by atoms with Crippen molar-refractivity contribution in [2.24, 2.45) is 0 Å². The number of aromatic amines is 1. The highest BCUT2D eigenvalue weighted by Crippen LogP contribution is 2.19. The van der Waals surface area contributed by atoms with Crippen molar-refractivity contribution in [3.63, 3.8) is 0 Å². The van der Waals surface area contributed by atoms with Gasteiger partial charge in [0.2, 0.25) is 0 Å². The summed E-state index contributed by atoms with van der Waals surface area (Å²) in [5.74, 6) is 0. The normalized spacial score (nSPS) is 23.0. The fourth-order valence-corrected chi connectivity index (χ4v) is 2.00. The molecule has 1 aliphatic heterocycles. The molecule has 0 aliphatic carbocycles. The summed E-state index contributed by atoms with van der Waals surface area (Å²) in [6.07, 6.45) is 8.29. The van der Waals surface area contributed by atoms with E-state index >= 15 is 0 Å². The molecule has 14 heavy (non-hydrogen) atoms. The van der Waals surface area contributed by atoms with Gasteiger partial charge in [-0.2, -0.15) is 0 Å². The van der Waals surface area contributed by atoms with Gasteiger partial charge in [0.05, 0.1) is 0 Å². The Hall–Kier alpha value is -1.09. The molecule has 3 nitrogen and oxygen atoms in total. The van der Waals surface area contributed by atoms with Gasteiger partial charge in [-0.05, 0) is 19.4 Å². The Morgan fingerprint density at radius 3 is 3.07 bits per heavy atom. The Kier molecular flexibility index (Phi) is 2.99. The van der Waals surface area contributed by atoms with Crippen LogP contribution < -0.4 is 10.7 Å². The van der Waals surface area contributed by atoms with Gasteiger partial charge in [-0.3, -0.25) is 4.79 Å². The molecule has 0 amide bonds. The molecule has 0 radical (unpaired) electrons. The number of hydrogen-bond donors (Lipinski definition) is 2. The van der Waals surface area contributed by atoms with Crippen molar-refractivity contribution in [2.45, 2.75) is 31.7 Å². The maximum absolute atomic E-state index is 11.6. The Balaban J connectivity index is 2.20. The summed E-state index contributed by atoms with van der Waals surface area (Å²) in [5, 5.41) is 3.42. The first-order valence-electron chi connectivity index (χ1n) is 5.28. The summed E-state index contributed by atoms with van der Waals surface area (Å²) >= 11 is 0. The second-order valence-corrected chi connectivity index (χ2v) is 3.82. The lowest BCUT2D eigenvalue weighted by Crippen LogP contribution is -2.25. The van der Waals surface area contributed by atoms with E-state index in [1.54, 1.807) is 12.3 Å². The third-order valence-corrected chi connectivity index (χ3v) is 2.79. The summed E-state index contributed by atoms with van der Waals surface area (Å²) in [5.41, 5.74) is 1.03. The summed E-state index contributed by atoms with van der Waals surface area (Å²) in [7, 11) is 0. The number of pyridine rings is 1. The number of rotatable bonds is 1. The second kappa shape index (κ2) is 4.42. The topological polar surface area (TPSA) is 44.9 Å². The first kappa shape index (κ1) is 9.46. The zero-order valence-corrected chi connectivity index (χ0v) is 8.25. The third-order valence-electron chi connectivity index (χ3n) is 2.79. The SMILES string of the molecule is O=c1cc[nH]cc1C1CCCCCN1. The number of H-pyrrole nitrogens is 1. The highest BCUT2D eigenvalue weighted by atomic mass is 16.1. The Bertz CT molecular complexity index is 337. The summed E-state index contributed by atoms with van der Waals surface area (Å²) in [6.45, 7) is 1.03. The predicted octanol–water partition coefficient (Wildman–Crippen LogP) is 1.58. The monoisotopic (exact) mass is 192 g/mol. The molecule has 1 aromatic rings. The molecule has 2 heterocycles. The van der Waals surface area contributed by atoms with Gasteiger partial charge in [-0.15, -0.1) is 0 Å². The summed E-state index contributed by atoms with van der Waals surface area (Å²) in [4.78, 5) is 14.6. The van der Waals surface area contributed by atoms with Gasteiger partial charge in [-0.25, -0.2) is 0 Å². The van der Waals surface area contributed by atoms with E-state index in [9.17, 15) is 4.79 Å². The standard InChI is InChI=1S/C11H16N2O/c14-11-5-7-12-8-9(11)10-4-2-1-3-6-13-10/h5,7-8,10,13H,1-4,6H2,(H,12,14). The minimum atomic E-state index is 0.142. The van der Waals surface area contributed by atoms with E-state index in [0.29, 0.717) is 0 Å². The molecule has 0 saturated carbocycles. The van der Waals surface area contributed by atoms with E-state index in [0.717, 1.165) is 18.5 Å². The van der Waals surface area contributed by atoms with Gasteiger partial charge in [0.25, 0.3) is 0 Å². The van der Waals surface area contributed by atoms with Crippen LogP contribution in [-0.4, -0.2) is 11.5 Å². The molecule has 1 atom stereocenters. The molecular formula is C11H16N2O. The molecule has 1 aromatic heterocycles. The smallest absolute Gasteiger partial charge is 0.186 e.